The third-order valence-corrected chi connectivity index (χ3v) is 5.15. The van der Waals surface area contributed by atoms with Crippen LogP contribution in [-0.2, 0) is 0 Å². The summed E-state index contributed by atoms with van der Waals surface area (Å²) in [5.74, 6) is 0.786. The van der Waals surface area contributed by atoms with Crippen LogP contribution < -0.4 is 5.32 Å². The molecule has 0 bridgehead atoms. The van der Waals surface area contributed by atoms with E-state index in [-0.39, 0.29) is 11.6 Å². The highest BCUT2D eigenvalue weighted by Crippen LogP contribution is 2.30. The first-order valence-corrected chi connectivity index (χ1v) is 8.50. The minimum absolute atomic E-state index is 0.324. The second kappa shape index (κ2) is 7.99. The molecule has 0 amide bonds. The Kier molecular flexibility index (Phi) is 6.30. The van der Waals surface area contributed by atoms with E-state index in [4.69, 9.17) is 0 Å². The van der Waals surface area contributed by atoms with Crippen molar-refractivity contribution in [2.24, 2.45) is 5.92 Å². The predicted molar refractivity (Wildman–Crippen MR) is 81.1 cm³/mol. The Balaban J connectivity index is 1.95. The molecular formula is C16H23F2NS. The maximum absolute atomic E-state index is 13.6. The van der Waals surface area contributed by atoms with Crippen molar-refractivity contribution in [3.63, 3.8) is 0 Å². The van der Waals surface area contributed by atoms with E-state index in [1.807, 2.05) is 0 Å². The highest BCUT2D eigenvalue weighted by atomic mass is 32.2. The van der Waals surface area contributed by atoms with Crippen molar-refractivity contribution in [2.45, 2.75) is 50.0 Å². The van der Waals surface area contributed by atoms with Gasteiger partial charge in [-0.1, -0.05) is 26.2 Å². The topological polar surface area (TPSA) is 12.0 Å². The lowest BCUT2D eigenvalue weighted by molar-refractivity contribution is 0.288. The number of halogens is 2. The van der Waals surface area contributed by atoms with Gasteiger partial charge in [0.25, 0.3) is 0 Å². The summed E-state index contributed by atoms with van der Waals surface area (Å²) < 4.78 is 26.8. The number of nitrogens with one attached hydrogen (secondary N) is 1. The van der Waals surface area contributed by atoms with Crippen molar-refractivity contribution in [3.05, 3.63) is 29.8 Å². The van der Waals surface area contributed by atoms with Gasteiger partial charge in [0, 0.05) is 16.7 Å². The van der Waals surface area contributed by atoms with Crippen LogP contribution in [0.3, 0.4) is 0 Å². The van der Waals surface area contributed by atoms with Gasteiger partial charge in [-0.15, -0.1) is 11.8 Å². The highest BCUT2D eigenvalue weighted by molar-refractivity contribution is 7.99. The molecule has 0 aliphatic heterocycles. The van der Waals surface area contributed by atoms with E-state index in [1.165, 1.54) is 62.1 Å². The van der Waals surface area contributed by atoms with Crippen molar-refractivity contribution in [2.75, 3.05) is 12.3 Å². The van der Waals surface area contributed by atoms with Crippen molar-refractivity contribution < 1.29 is 8.78 Å². The summed E-state index contributed by atoms with van der Waals surface area (Å²) in [6.07, 6.45) is 6.44. The minimum Gasteiger partial charge on any atom is -0.313 e. The molecule has 1 aromatic carbocycles. The van der Waals surface area contributed by atoms with E-state index in [0.29, 0.717) is 16.9 Å². The lowest BCUT2D eigenvalue weighted by Gasteiger charge is -2.30. The minimum atomic E-state index is -0.369. The summed E-state index contributed by atoms with van der Waals surface area (Å²) in [6, 6.07) is 4.07. The second-order valence-electron chi connectivity index (χ2n) is 5.45. The first kappa shape index (κ1) is 15.8. The SMILES string of the molecule is CCNC(CSc1cc(F)ccc1F)C1CCCCC1. The van der Waals surface area contributed by atoms with Crippen LogP contribution in [0.5, 0.6) is 0 Å². The first-order chi connectivity index (χ1) is 9.70. The van der Waals surface area contributed by atoms with Crippen LogP contribution in [0.1, 0.15) is 39.0 Å². The summed E-state index contributed by atoms with van der Waals surface area (Å²) >= 11 is 1.43. The quantitative estimate of drug-likeness (QED) is 0.770. The molecule has 0 heterocycles. The van der Waals surface area contributed by atoms with E-state index in [1.54, 1.807) is 0 Å². The zero-order valence-electron chi connectivity index (χ0n) is 12.0. The van der Waals surface area contributed by atoms with Crippen LogP contribution in [0.2, 0.25) is 0 Å². The maximum Gasteiger partial charge on any atom is 0.136 e. The fraction of sp³-hybridized carbons (Fsp3) is 0.625. The molecule has 1 nitrogen and oxygen atoms in total. The zero-order chi connectivity index (χ0) is 14.4. The van der Waals surface area contributed by atoms with Crippen LogP contribution in [0.15, 0.2) is 23.1 Å². The van der Waals surface area contributed by atoms with Crippen molar-refractivity contribution >= 4 is 11.8 Å². The van der Waals surface area contributed by atoms with Gasteiger partial charge in [-0.25, -0.2) is 8.78 Å². The third kappa shape index (κ3) is 4.45. The average Bonchev–Trinajstić information content (AvgIpc) is 2.47. The Labute approximate surface area is 124 Å². The predicted octanol–water partition coefficient (Wildman–Crippen LogP) is 4.62. The Morgan fingerprint density at radius 1 is 1.25 bits per heavy atom. The molecule has 1 saturated carbocycles. The molecule has 2 rings (SSSR count). The van der Waals surface area contributed by atoms with Crippen LogP contribution in [-0.4, -0.2) is 18.3 Å². The van der Waals surface area contributed by atoms with Gasteiger partial charge in [0.05, 0.1) is 0 Å². The van der Waals surface area contributed by atoms with Gasteiger partial charge in [0.15, 0.2) is 0 Å². The summed E-state index contributed by atoms with van der Waals surface area (Å²) in [5.41, 5.74) is 0. The van der Waals surface area contributed by atoms with E-state index < -0.39 is 0 Å². The molecule has 20 heavy (non-hydrogen) atoms. The molecule has 1 atom stereocenters. The monoisotopic (exact) mass is 299 g/mol. The molecule has 1 aliphatic carbocycles. The second-order valence-corrected chi connectivity index (χ2v) is 6.51. The van der Waals surface area contributed by atoms with Gasteiger partial charge >= 0.3 is 0 Å². The summed E-state index contributed by atoms with van der Waals surface area (Å²) in [6.45, 7) is 3.02. The third-order valence-electron chi connectivity index (χ3n) is 4.00. The van der Waals surface area contributed by atoms with Gasteiger partial charge in [0.2, 0.25) is 0 Å². The molecule has 1 unspecified atom stereocenters. The largest absolute Gasteiger partial charge is 0.313 e. The molecule has 0 saturated heterocycles. The molecular weight excluding hydrogens is 276 g/mol. The fourth-order valence-electron chi connectivity index (χ4n) is 2.93. The highest BCUT2D eigenvalue weighted by Gasteiger charge is 2.23. The smallest absolute Gasteiger partial charge is 0.136 e. The molecule has 0 aromatic heterocycles. The van der Waals surface area contributed by atoms with E-state index >= 15 is 0 Å². The van der Waals surface area contributed by atoms with Gasteiger partial charge < -0.3 is 5.32 Å². The van der Waals surface area contributed by atoms with Gasteiger partial charge in [-0.05, 0) is 43.5 Å². The Hall–Kier alpha value is -0.610. The normalized spacial score (nSPS) is 18.1. The lowest BCUT2D eigenvalue weighted by Crippen LogP contribution is -2.39. The summed E-state index contributed by atoms with van der Waals surface area (Å²) in [4.78, 5) is 0.420. The van der Waals surface area contributed by atoms with Gasteiger partial charge in [0.1, 0.15) is 11.6 Å². The van der Waals surface area contributed by atoms with Crippen LogP contribution in [0, 0.1) is 17.6 Å². The molecule has 1 N–H and O–H groups in total. The molecule has 4 heteroatoms. The number of thioether (sulfide) groups is 1. The fourth-order valence-corrected chi connectivity index (χ4v) is 4.08. The van der Waals surface area contributed by atoms with Gasteiger partial charge in [-0.2, -0.15) is 0 Å². The first-order valence-electron chi connectivity index (χ1n) is 7.52. The van der Waals surface area contributed by atoms with Crippen LogP contribution in [0.4, 0.5) is 8.78 Å². The number of hydrogen-bond acceptors (Lipinski definition) is 2. The molecule has 1 aliphatic rings. The zero-order valence-corrected chi connectivity index (χ0v) is 12.8. The molecule has 112 valence electrons. The lowest BCUT2D eigenvalue weighted by atomic mass is 9.84. The van der Waals surface area contributed by atoms with E-state index in [9.17, 15) is 8.78 Å². The number of rotatable bonds is 6. The molecule has 1 fully saturated rings. The van der Waals surface area contributed by atoms with E-state index in [0.717, 1.165) is 12.3 Å². The maximum atomic E-state index is 13.6. The Bertz CT molecular complexity index is 419. The Morgan fingerprint density at radius 3 is 2.70 bits per heavy atom. The Morgan fingerprint density at radius 2 is 2.00 bits per heavy atom. The van der Waals surface area contributed by atoms with Crippen LogP contribution in [0.25, 0.3) is 0 Å². The standard InChI is InChI=1S/C16H23F2NS/c1-2-19-15(12-6-4-3-5-7-12)11-20-16-10-13(17)8-9-14(16)18/h8-10,12,15,19H,2-7,11H2,1H3. The number of hydrogen-bond donors (Lipinski definition) is 1. The summed E-state index contributed by atoms with van der Waals surface area (Å²) in [7, 11) is 0. The van der Waals surface area contributed by atoms with Crippen molar-refractivity contribution in [1.29, 1.82) is 0 Å². The van der Waals surface area contributed by atoms with E-state index in [2.05, 4.69) is 12.2 Å². The van der Waals surface area contributed by atoms with Crippen molar-refractivity contribution in [1.82, 2.24) is 5.32 Å². The van der Waals surface area contributed by atoms with Crippen molar-refractivity contribution in [3.8, 4) is 0 Å². The average molecular weight is 299 g/mol. The summed E-state index contributed by atoms with van der Waals surface area (Å²) in [5, 5.41) is 3.52. The molecule has 1 aromatic rings. The molecule has 0 radical (unpaired) electrons. The number of benzene rings is 1. The molecule has 0 spiro atoms. The van der Waals surface area contributed by atoms with Gasteiger partial charge in [-0.3, -0.25) is 0 Å². The van der Waals surface area contributed by atoms with Crippen LogP contribution >= 0.6 is 11.8 Å².